The zero-order valence-electron chi connectivity index (χ0n) is 18.7. The molecule has 1 saturated heterocycles. The third kappa shape index (κ3) is 5.65. The van der Waals surface area contributed by atoms with Crippen LogP contribution < -0.4 is 5.32 Å². The number of piperidine rings is 1. The van der Waals surface area contributed by atoms with Crippen molar-refractivity contribution < 1.29 is 22.4 Å². The molecule has 0 aromatic heterocycles. The smallest absolute Gasteiger partial charge is 0.322 e. The van der Waals surface area contributed by atoms with E-state index in [0.29, 0.717) is 28.9 Å². The first kappa shape index (κ1) is 24.0. The molecule has 3 aromatic carbocycles. The molecule has 34 heavy (non-hydrogen) atoms. The Bertz CT molecular complexity index is 1140. The lowest BCUT2D eigenvalue weighted by atomic mass is 9.90. The highest BCUT2D eigenvalue weighted by molar-refractivity contribution is 6.05. The lowest BCUT2D eigenvalue weighted by molar-refractivity contribution is -0.137. The Morgan fingerprint density at radius 1 is 0.912 bits per heavy atom. The molecule has 3 nitrogen and oxygen atoms in total. The summed E-state index contributed by atoms with van der Waals surface area (Å²) in [6.07, 6.45) is -1.54. The summed E-state index contributed by atoms with van der Waals surface area (Å²) in [5.41, 5.74) is 0.822. The van der Waals surface area contributed by atoms with Gasteiger partial charge in [-0.3, -0.25) is 9.69 Å². The van der Waals surface area contributed by atoms with Gasteiger partial charge in [-0.15, -0.1) is 0 Å². The second kappa shape index (κ2) is 10.4. The fraction of sp³-hybridized carbons (Fsp3) is 0.296. The van der Waals surface area contributed by atoms with E-state index in [0.717, 1.165) is 38.4 Å². The van der Waals surface area contributed by atoms with Gasteiger partial charge in [-0.1, -0.05) is 48.9 Å². The second-order valence-corrected chi connectivity index (χ2v) is 8.55. The summed E-state index contributed by atoms with van der Waals surface area (Å²) in [7, 11) is 0. The van der Waals surface area contributed by atoms with Gasteiger partial charge in [0, 0.05) is 17.8 Å². The molecule has 0 radical (unpaired) electrons. The molecule has 0 aliphatic carbocycles. The molecule has 7 heteroatoms. The molecule has 1 amide bonds. The highest BCUT2D eigenvalue weighted by Crippen LogP contribution is 2.40. The average Bonchev–Trinajstić information content (AvgIpc) is 2.84. The van der Waals surface area contributed by atoms with Crippen LogP contribution in [-0.2, 0) is 19.4 Å². The number of halogens is 4. The number of likely N-dealkylation sites (tertiary alicyclic amines) is 1. The molecule has 0 unspecified atom stereocenters. The number of carbonyl (C=O) groups is 1. The number of anilines is 1. The van der Waals surface area contributed by atoms with Crippen molar-refractivity contribution in [3.05, 3.63) is 89.0 Å². The largest absolute Gasteiger partial charge is 0.417 e. The van der Waals surface area contributed by atoms with Crippen LogP contribution in [0.1, 0.15) is 46.3 Å². The van der Waals surface area contributed by atoms with Gasteiger partial charge < -0.3 is 5.32 Å². The number of amides is 1. The van der Waals surface area contributed by atoms with Gasteiger partial charge in [-0.25, -0.2) is 4.39 Å². The van der Waals surface area contributed by atoms with Crippen molar-refractivity contribution in [1.29, 1.82) is 0 Å². The van der Waals surface area contributed by atoms with Gasteiger partial charge in [-0.2, -0.15) is 13.2 Å². The van der Waals surface area contributed by atoms with Crippen molar-refractivity contribution in [2.75, 3.05) is 18.4 Å². The predicted octanol–water partition coefficient (Wildman–Crippen LogP) is 7.08. The van der Waals surface area contributed by atoms with Gasteiger partial charge in [0.1, 0.15) is 6.67 Å². The summed E-state index contributed by atoms with van der Waals surface area (Å²) in [6, 6.07) is 17.2. The van der Waals surface area contributed by atoms with Crippen molar-refractivity contribution >= 4 is 11.6 Å². The summed E-state index contributed by atoms with van der Waals surface area (Å²) in [5.74, 6) is -0.666. The van der Waals surface area contributed by atoms with Crippen molar-refractivity contribution in [3.8, 4) is 11.1 Å². The number of nitrogens with one attached hydrogen (secondary N) is 1. The van der Waals surface area contributed by atoms with E-state index < -0.39 is 24.3 Å². The minimum absolute atomic E-state index is 0.0790. The quantitative estimate of drug-likeness (QED) is 0.391. The minimum atomic E-state index is -4.65. The van der Waals surface area contributed by atoms with Gasteiger partial charge in [0.05, 0.1) is 5.56 Å². The number of carbonyl (C=O) groups excluding carboxylic acids is 1. The Labute approximate surface area is 196 Å². The lowest BCUT2D eigenvalue weighted by Crippen LogP contribution is -2.30. The van der Waals surface area contributed by atoms with Crippen LogP contribution in [0.15, 0.2) is 66.7 Å². The Morgan fingerprint density at radius 2 is 1.65 bits per heavy atom. The number of alkyl halides is 4. The molecule has 1 heterocycles. The van der Waals surface area contributed by atoms with Crippen molar-refractivity contribution in [1.82, 2.24) is 4.90 Å². The van der Waals surface area contributed by atoms with Gasteiger partial charge in [0.25, 0.3) is 5.91 Å². The fourth-order valence-electron chi connectivity index (χ4n) is 4.42. The molecule has 1 N–H and O–H groups in total. The maximum absolute atomic E-state index is 14.3. The maximum Gasteiger partial charge on any atom is 0.417 e. The molecule has 0 atom stereocenters. The summed E-state index contributed by atoms with van der Waals surface area (Å²) in [6.45, 7) is 1.24. The molecule has 0 spiro atoms. The normalized spacial score (nSPS) is 14.7. The first-order valence-corrected chi connectivity index (χ1v) is 11.3. The summed E-state index contributed by atoms with van der Waals surface area (Å²) in [5, 5.41) is 2.62. The molecule has 1 fully saturated rings. The fourth-order valence-corrected chi connectivity index (χ4v) is 4.42. The average molecular weight is 471 g/mol. The topological polar surface area (TPSA) is 32.3 Å². The zero-order valence-corrected chi connectivity index (χ0v) is 18.7. The van der Waals surface area contributed by atoms with Crippen LogP contribution in [0.4, 0.5) is 23.2 Å². The maximum atomic E-state index is 14.3. The van der Waals surface area contributed by atoms with Crippen molar-refractivity contribution in [3.63, 3.8) is 0 Å². The van der Waals surface area contributed by atoms with Gasteiger partial charge in [0.2, 0.25) is 0 Å². The van der Waals surface area contributed by atoms with Gasteiger partial charge in [-0.05, 0) is 72.5 Å². The van der Waals surface area contributed by atoms with E-state index in [4.69, 9.17) is 0 Å². The molecule has 0 bridgehead atoms. The minimum Gasteiger partial charge on any atom is -0.322 e. The monoisotopic (exact) mass is 470 g/mol. The van der Waals surface area contributed by atoms with E-state index >= 15 is 0 Å². The third-order valence-electron chi connectivity index (χ3n) is 6.03. The first-order valence-electron chi connectivity index (χ1n) is 11.3. The van der Waals surface area contributed by atoms with Crippen LogP contribution in [-0.4, -0.2) is 23.9 Å². The van der Waals surface area contributed by atoms with Gasteiger partial charge >= 0.3 is 6.18 Å². The standard InChI is InChI=1S/C27H26F4N2O/c28-17-19-8-7-11-23(14-19)32-26(34)21-15-22(18-33-12-5-2-6-13-33)25(20-9-3-1-4-10-20)24(16-21)27(29,30)31/h1,3-4,7-11,14-16H,2,5-6,12-13,17-18H2,(H,32,34). The van der Waals surface area contributed by atoms with Crippen LogP contribution in [0.2, 0.25) is 0 Å². The zero-order chi connectivity index (χ0) is 24.1. The van der Waals surface area contributed by atoms with E-state index in [1.54, 1.807) is 54.6 Å². The van der Waals surface area contributed by atoms with E-state index in [-0.39, 0.29) is 11.1 Å². The SMILES string of the molecule is O=C(Nc1cccc(CF)c1)c1cc(CN2CCCCC2)c(-c2ccccc2)c(C(F)(F)F)c1. The Balaban J connectivity index is 1.79. The molecular formula is C27H26F4N2O. The predicted molar refractivity (Wildman–Crippen MR) is 125 cm³/mol. The van der Waals surface area contributed by atoms with Crippen LogP contribution in [0.3, 0.4) is 0 Å². The van der Waals surface area contributed by atoms with Crippen LogP contribution in [0.25, 0.3) is 11.1 Å². The van der Waals surface area contributed by atoms with Gasteiger partial charge in [0.15, 0.2) is 0 Å². The van der Waals surface area contributed by atoms with Crippen molar-refractivity contribution in [2.24, 2.45) is 0 Å². The molecule has 3 aromatic rings. The molecule has 4 rings (SSSR count). The molecular weight excluding hydrogens is 444 g/mol. The molecule has 1 aliphatic heterocycles. The first-order chi connectivity index (χ1) is 16.3. The highest BCUT2D eigenvalue weighted by atomic mass is 19.4. The molecule has 1 aliphatic rings. The summed E-state index contributed by atoms with van der Waals surface area (Å²) < 4.78 is 55.8. The Hall–Kier alpha value is -3.19. The molecule has 0 saturated carbocycles. The van der Waals surface area contributed by atoms with Crippen molar-refractivity contribution in [2.45, 2.75) is 38.7 Å². The lowest BCUT2D eigenvalue weighted by Gasteiger charge is -2.28. The summed E-state index contributed by atoms with van der Waals surface area (Å²) in [4.78, 5) is 15.1. The second-order valence-electron chi connectivity index (χ2n) is 8.55. The Kier molecular flexibility index (Phi) is 7.32. The number of rotatable bonds is 6. The van der Waals surface area contributed by atoms with E-state index in [1.807, 2.05) is 0 Å². The van der Waals surface area contributed by atoms with E-state index in [2.05, 4.69) is 10.2 Å². The third-order valence-corrected chi connectivity index (χ3v) is 6.03. The van der Waals surface area contributed by atoms with E-state index in [1.165, 1.54) is 6.07 Å². The van der Waals surface area contributed by atoms with Crippen LogP contribution >= 0.6 is 0 Å². The highest BCUT2D eigenvalue weighted by Gasteiger charge is 2.36. The molecule has 178 valence electrons. The van der Waals surface area contributed by atoms with Crippen LogP contribution in [0, 0.1) is 0 Å². The van der Waals surface area contributed by atoms with Crippen LogP contribution in [0.5, 0.6) is 0 Å². The number of hydrogen-bond acceptors (Lipinski definition) is 2. The summed E-state index contributed by atoms with van der Waals surface area (Å²) >= 11 is 0. The number of benzene rings is 3. The Morgan fingerprint density at radius 3 is 2.32 bits per heavy atom. The number of nitrogens with zero attached hydrogens (tertiary/aromatic N) is 1. The van der Waals surface area contributed by atoms with E-state index in [9.17, 15) is 22.4 Å². The number of hydrogen-bond donors (Lipinski definition) is 1.